The number of piperazine rings is 1. The van der Waals surface area contributed by atoms with Gasteiger partial charge in [-0.1, -0.05) is 13.0 Å². The molecule has 1 aromatic heterocycles. The van der Waals surface area contributed by atoms with Crippen LogP contribution in [0.5, 0.6) is 0 Å². The van der Waals surface area contributed by atoms with Crippen LogP contribution in [-0.2, 0) is 4.79 Å². The second-order valence-corrected chi connectivity index (χ2v) is 7.40. The Kier molecular flexibility index (Phi) is 11.8. The van der Waals surface area contributed by atoms with Gasteiger partial charge in [-0.15, -0.1) is 24.8 Å². The number of anilines is 1. The summed E-state index contributed by atoms with van der Waals surface area (Å²) < 4.78 is 0. The van der Waals surface area contributed by atoms with Crippen molar-refractivity contribution in [2.75, 3.05) is 63.8 Å². The van der Waals surface area contributed by atoms with E-state index < -0.39 is 0 Å². The average Bonchev–Trinajstić information content (AvgIpc) is 2.72. The molecule has 160 valence electrons. The van der Waals surface area contributed by atoms with Gasteiger partial charge in [0.2, 0.25) is 5.91 Å². The Hall–Kier alpha value is -1.08. The summed E-state index contributed by atoms with van der Waals surface area (Å²) >= 11 is 0. The van der Waals surface area contributed by atoms with Crippen molar-refractivity contribution >= 4 is 36.5 Å². The van der Waals surface area contributed by atoms with Gasteiger partial charge in [-0.2, -0.15) is 0 Å². The van der Waals surface area contributed by atoms with Crippen molar-refractivity contribution in [3.05, 3.63) is 24.4 Å². The first-order valence-corrected chi connectivity index (χ1v) is 10.1. The van der Waals surface area contributed by atoms with E-state index in [1.165, 1.54) is 0 Å². The van der Waals surface area contributed by atoms with Crippen LogP contribution in [0.15, 0.2) is 24.4 Å². The van der Waals surface area contributed by atoms with Gasteiger partial charge in [0.05, 0.1) is 0 Å². The molecule has 2 fully saturated rings. The van der Waals surface area contributed by atoms with Crippen LogP contribution in [0.25, 0.3) is 0 Å². The van der Waals surface area contributed by atoms with E-state index in [0.717, 1.165) is 83.5 Å². The van der Waals surface area contributed by atoms with E-state index in [9.17, 15) is 4.79 Å². The monoisotopic (exact) mass is 431 g/mol. The third-order valence-corrected chi connectivity index (χ3v) is 5.64. The maximum atomic E-state index is 12.5. The van der Waals surface area contributed by atoms with Crippen molar-refractivity contribution in [2.24, 2.45) is 5.92 Å². The van der Waals surface area contributed by atoms with Crippen LogP contribution in [0, 0.1) is 5.92 Å². The Morgan fingerprint density at radius 2 is 1.82 bits per heavy atom. The van der Waals surface area contributed by atoms with Gasteiger partial charge >= 0.3 is 0 Å². The summed E-state index contributed by atoms with van der Waals surface area (Å²) in [6, 6.07) is 6.06. The molecular formula is C20H35Cl2N5O. The Labute approximate surface area is 181 Å². The molecule has 0 saturated carbocycles. The van der Waals surface area contributed by atoms with Crippen LogP contribution in [0.2, 0.25) is 0 Å². The van der Waals surface area contributed by atoms with Gasteiger partial charge in [0.15, 0.2) is 0 Å². The molecule has 2 aliphatic rings. The number of pyridine rings is 1. The fourth-order valence-electron chi connectivity index (χ4n) is 3.89. The highest BCUT2D eigenvalue weighted by molar-refractivity contribution is 5.85. The van der Waals surface area contributed by atoms with Crippen LogP contribution in [-0.4, -0.2) is 79.6 Å². The largest absolute Gasteiger partial charge is 0.354 e. The van der Waals surface area contributed by atoms with Crippen molar-refractivity contribution in [3.63, 3.8) is 0 Å². The van der Waals surface area contributed by atoms with Crippen molar-refractivity contribution in [3.8, 4) is 0 Å². The van der Waals surface area contributed by atoms with E-state index in [-0.39, 0.29) is 24.8 Å². The average molecular weight is 432 g/mol. The molecule has 3 heterocycles. The van der Waals surface area contributed by atoms with Crippen LogP contribution in [0.4, 0.5) is 5.82 Å². The molecule has 0 aliphatic carbocycles. The Morgan fingerprint density at radius 1 is 1.11 bits per heavy atom. The number of carbonyl (C=O) groups excluding carboxylic acids is 1. The normalized spacial score (nSPS) is 18.3. The highest BCUT2D eigenvalue weighted by Gasteiger charge is 2.23. The van der Waals surface area contributed by atoms with Gasteiger partial charge in [-0.3, -0.25) is 9.69 Å². The van der Waals surface area contributed by atoms with Crippen molar-refractivity contribution < 1.29 is 4.79 Å². The molecule has 6 nitrogen and oxygen atoms in total. The number of nitrogens with zero attached hydrogens (tertiary/aromatic N) is 4. The lowest BCUT2D eigenvalue weighted by molar-refractivity contribution is -0.132. The van der Waals surface area contributed by atoms with Crippen LogP contribution in [0.3, 0.4) is 0 Å². The molecule has 0 bridgehead atoms. The SMILES string of the molecule is CCNCC1CCN(C(=O)CCN2CCN(c3ccccn3)CC2)CC1.Cl.Cl. The minimum Gasteiger partial charge on any atom is -0.354 e. The van der Waals surface area contributed by atoms with Crippen LogP contribution >= 0.6 is 24.8 Å². The number of rotatable bonds is 7. The van der Waals surface area contributed by atoms with Gasteiger partial charge in [0, 0.05) is 58.4 Å². The second kappa shape index (κ2) is 13.2. The summed E-state index contributed by atoms with van der Waals surface area (Å²) in [5.74, 6) is 2.13. The lowest BCUT2D eigenvalue weighted by Crippen LogP contribution is -2.48. The third-order valence-electron chi connectivity index (χ3n) is 5.64. The molecule has 2 saturated heterocycles. The maximum absolute atomic E-state index is 12.5. The number of hydrogen-bond acceptors (Lipinski definition) is 5. The molecule has 0 aromatic carbocycles. The van der Waals surface area contributed by atoms with E-state index in [0.29, 0.717) is 12.3 Å². The highest BCUT2D eigenvalue weighted by Crippen LogP contribution is 2.17. The summed E-state index contributed by atoms with van der Waals surface area (Å²) in [6.45, 7) is 11.0. The molecule has 8 heteroatoms. The van der Waals surface area contributed by atoms with Crippen molar-refractivity contribution in [1.29, 1.82) is 0 Å². The lowest BCUT2D eigenvalue weighted by atomic mass is 9.96. The Bertz CT molecular complexity index is 547. The molecular weight excluding hydrogens is 397 g/mol. The van der Waals surface area contributed by atoms with Gasteiger partial charge < -0.3 is 15.1 Å². The first-order chi connectivity index (χ1) is 12.8. The molecule has 1 aromatic rings. The number of amides is 1. The number of halogens is 2. The van der Waals surface area contributed by atoms with Gasteiger partial charge in [0.25, 0.3) is 0 Å². The summed E-state index contributed by atoms with van der Waals surface area (Å²) in [7, 11) is 0. The maximum Gasteiger partial charge on any atom is 0.223 e. The first kappa shape index (κ1) is 25.0. The molecule has 0 radical (unpaired) electrons. The molecule has 3 rings (SSSR count). The number of nitrogens with one attached hydrogen (secondary N) is 1. The predicted molar refractivity (Wildman–Crippen MR) is 120 cm³/mol. The van der Waals surface area contributed by atoms with Crippen LogP contribution < -0.4 is 10.2 Å². The molecule has 28 heavy (non-hydrogen) atoms. The standard InChI is InChI=1S/C20H33N5O.2ClH/c1-2-21-17-18-6-11-25(12-7-18)20(26)8-10-23-13-15-24(16-14-23)19-5-3-4-9-22-19;;/h3-5,9,18,21H,2,6-8,10-17H2,1H3;2*1H. The molecule has 0 spiro atoms. The number of likely N-dealkylation sites (tertiary alicyclic amines) is 1. The number of carbonyl (C=O) groups is 1. The Balaban J connectivity index is 0.00000196. The molecule has 2 aliphatic heterocycles. The molecule has 1 amide bonds. The summed E-state index contributed by atoms with van der Waals surface area (Å²) in [6.07, 6.45) is 4.78. The number of aromatic nitrogens is 1. The second-order valence-electron chi connectivity index (χ2n) is 7.40. The fraction of sp³-hybridized carbons (Fsp3) is 0.700. The molecule has 1 N–H and O–H groups in total. The number of hydrogen-bond donors (Lipinski definition) is 1. The zero-order chi connectivity index (χ0) is 18.2. The van der Waals surface area contributed by atoms with E-state index in [1.807, 2.05) is 18.3 Å². The van der Waals surface area contributed by atoms with Crippen molar-refractivity contribution in [2.45, 2.75) is 26.2 Å². The smallest absolute Gasteiger partial charge is 0.223 e. The van der Waals surface area contributed by atoms with E-state index in [4.69, 9.17) is 0 Å². The third kappa shape index (κ3) is 7.39. The minimum absolute atomic E-state index is 0. The van der Waals surface area contributed by atoms with Crippen LogP contribution in [0.1, 0.15) is 26.2 Å². The first-order valence-electron chi connectivity index (χ1n) is 10.1. The minimum atomic E-state index is 0. The lowest BCUT2D eigenvalue weighted by Gasteiger charge is -2.36. The topological polar surface area (TPSA) is 51.7 Å². The van der Waals surface area contributed by atoms with E-state index in [1.54, 1.807) is 0 Å². The zero-order valence-corrected chi connectivity index (χ0v) is 18.5. The Morgan fingerprint density at radius 3 is 2.43 bits per heavy atom. The summed E-state index contributed by atoms with van der Waals surface area (Å²) in [4.78, 5) is 23.8. The quantitative estimate of drug-likeness (QED) is 0.717. The van der Waals surface area contributed by atoms with E-state index >= 15 is 0 Å². The summed E-state index contributed by atoms with van der Waals surface area (Å²) in [5.41, 5.74) is 0. The molecule has 0 atom stereocenters. The fourth-order valence-corrected chi connectivity index (χ4v) is 3.89. The number of piperidine rings is 1. The van der Waals surface area contributed by atoms with Gasteiger partial charge in [-0.05, 0) is 44.0 Å². The summed E-state index contributed by atoms with van der Waals surface area (Å²) in [5, 5.41) is 3.43. The predicted octanol–water partition coefficient (Wildman–Crippen LogP) is 2.29. The van der Waals surface area contributed by atoms with Gasteiger partial charge in [0.1, 0.15) is 5.82 Å². The zero-order valence-electron chi connectivity index (χ0n) is 16.9. The molecule has 0 unspecified atom stereocenters. The van der Waals surface area contributed by atoms with Crippen molar-refractivity contribution in [1.82, 2.24) is 20.1 Å². The highest BCUT2D eigenvalue weighted by atomic mass is 35.5. The van der Waals surface area contributed by atoms with E-state index in [2.05, 4.69) is 38.0 Å². The van der Waals surface area contributed by atoms with Gasteiger partial charge in [-0.25, -0.2) is 4.98 Å².